The summed E-state index contributed by atoms with van der Waals surface area (Å²) in [5.74, 6) is -0.975. The molecule has 0 aliphatic carbocycles. The summed E-state index contributed by atoms with van der Waals surface area (Å²) in [5, 5.41) is 9.02. The van der Waals surface area contributed by atoms with Gasteiger partial charge in [0.05, 0.1) is 5.57 Å². The van der Waals surface area contributed by atoms with Crippen molar-refractivity contribution in [1.82, 2.24) is 0 Å². The minimum absolute atomic E-state index is 0.137. The van der Waals surface area contributed by atoms with Crippen LogP contribution < -0.4 is 0 Å². The van der Waals surface area contributed by atoms with Crippen molar-refractivity contribution in [2.45, 2.75) is 16.2 Å². The van der Waals surface area contributed by atoms with Crippen LogP contribution in [0.4, 0.5) is 0 Å². The number of carbonyl (C=O) groups is 1. The number of rotatable bonds is 2. The van der Waals surface area contributed by atoms with Gasteiger partial charge in [-0.3, -0.25) is 0 Å². The van der Waals surface area contributed by atoms with Gasteiger partial charge in [0.15, 0.2) is 0 Å². The quantitative estimate of drug-likeness (QED) is 0.689. The summed E-state index contributed by atoms with van der Waals surface area (Å²) in [6.45, 7) is 3.62. The molecule has 0 saturated carbocycles. The van der Waals surface area contributed by atoms with E-state index in [4.69, 9.17) is 5.11 Å². The Labute approximate surface area is 129 Å². The predicted molar refractivity (Wildman–Crippen MR) is 84.2 cm³/mol. The van der Waals surface area contributed by atoms with E-state index in [0.29, 0.717) is 5.56 Å². The summed E-state index contributed by atoms with van der Waals surface area (Å²) in [6, 6.07) is 12.0. The van der Waals surface area contributed by atoms with E-state index in [2.05, 4.69) is 34.6 Å². The molecule has 20 heavy (non-hydrogen) atoms. The second-order valence-electron chi connectivity index (χ2n) is 4.64. The number of halogens is 1. The van der Waals surface area contributed by atoms with Gasteiger partial charge >= 0.3 is 5.97 Å². The Hall–Kier alpha value is -1.52. The second kappa shape index (κ2) is 5.11. The maximum absolute atomic E-state index is 11.0. The normalized spacial score (nSPS) is 12.4. The van der Waals surface area contributed by atoms with Crippen LogP contribution in [0.5, 0.6) is 0 Å². The maximum Gasteiger partial charge on any atom is 0.335 e. The molecule has 0 spiro atoms. The Bertz CT molecular complexity index is 737. The van der Waals surface area contributed by atoms with Crippen LogP contribution in [-0.4, -0.2) is 11.1 Å². The molecule has 1 N–H and O–H groups in total. The molecule has 0 atom stereocenters. The van der Waals surface area contributed by atoms with Gasteiger partial charge in [-0.2, -0.15) is 0 Å². The summed E-state index contributed by atoms with van der Waals surface area (Å²) < 4.78 is 1.06. The smallest absolute Gasteiger partial charge is 0.335 e. The van der Waals surface area contributed by atoms with Crippen molar-refractivity contribution < 1.29 is 9.90 Å². The molecule has 4 heteroatoms. The first-order valence-corrected chi connectivity index (χ1v) is 7.67. The number of hydrogen-bond acceptors (Lipinski definition) is 2. The first-order valence-electron chi connectivity index (χ1n) is 6.06. The molecule has 0 saturated heterocycles. The Morgan fingerprint density at radius 3 is 2.50 bits per heavy atom. The molecule has 0 fully saturated rings. The molecule has 2 nitrogen and oxygen atoms in total. The van der Waals surface area contributed by atoms with Crippen molar-refractivity contribution in [3.63, 3.8) is 0 Å². The highest BCUT2D eigenvalue weighted by Crippen LogP contribution is 2.41. The lowest BCUT2D eigenvalue weighted by atomic mass is 9.99. The third-order valence-electron chi connectivity index (χ3n) is 3.29. The van der Waals surface area contributed by atoms with Gasteiger partial charge in [-0.15, -0.1) is 0 Å². The fourth-order valence-corrected chi connectivity index (χ4v) is 3.68. The molecule has 2 aromatic carbocycles. The van der Waals surface area contributed by atoms with Crippen molar-refractivity contribution in [2.24, 2.45) is 0 Å². The monoisotopic (exact) mass is 346 g/mol. The molecule has 100 valence electrons. The minimum Gasteiger partial charge on any atom is -0.478 e. The fraction of sp³-hybridized carbons (Fsp3) is 0.0625. The molecule has 0 radical (unpaired) electrons. The lowest BCUT2D eigenvalue weighted by molar-refractivity contribution is -0.130. The molecule has 2 aromatic rings. The predicted octanol–water partition coefficient (Wildman–Crippen LogP) is 4.60. The molecule has 0 bridgehead atoms. The average molecular weight is 347 g/mol. The van der Waals surface area contributed by atoms with Crippen LogP contribution in [-0.2, 0) is 11.2 Å². The molecular weight excluding hydrogens is 336 g/mol. The van der Waals surface area contributed by atoms with Gasteiger partial charge in [0.1, 0.15) is 0 Å². The highest BCUT2D eigenvalue weighted by molar-refractivity contribution is 9.10. The van der Waals surface area contributed by atoms with Crippen molar-refractivity contribution in [2.75, 3.05) is 0 Å². The van der Waals surface area contributed by atoms with Gasteiger partial charge in [0, 0.05) is 14.3 Å². The van der Waals surface area contributed by atoms with E-state index in [9.17, 15) is 4.79 Å². The van der Waals surface area contributed by atoms with Crippen LogP contribution in [0.2, 0.25) is 0 Å². The third kappa shape index (κ3) is 2.41. The highest BCUT2D eigenvalue weighted by atomic mass is 79.9. The number of fused-ring (bicyclic) bond motifs is 2. The van der Waals surface area contributed by atoms with Gasteiger partial charge in [-0.05, 0) is 53.4 Å². The largest absolute Gasteiger partial charge is 0.478 e. The Morgan fingerprint density at radius 2 is 1.80 bits per heavy atom. The molecular formula is C16H11BrO2S. The number of carboxylic acids is 1. The van der Waals surface area contributed by atoms with Crippen molar-refractivity contribution in [3.8, 4) is 0 Å². The van der Waals surface area contributed by atoms with E-state index in [-0.39, 0.29) is 5.57 Å². The van der Waals surface area contributed by atoms with Crippen LogP contribution in [0.1, 0.15) is 16.7 Å². The van der Waals surface area contributed by atoms with Gasteiger partial charge < -0.3 is 5.11 Å². The summed E-state index contributed by atoms with van der Waals surface area (Å²) in [4.78, 5) is 13.4. The molecule has 0 amide bonds. The highest BCUT2D eigenvalue weighted by Gasteiger charge is 2.18. The van der Waals surface area contributed by atoms with E-state index in [0.717, 1.165) is 16.5 Å². The SMILES string of the molecule is C=C(C(=O)O)c1ccc2c(c1)Cc1cc(Br)ccc1S2. The van der Waals surface area contributed by atoms with Crippen LogP contribution in [0.15, 0.2) is 57.2 Å². The number of aliphatic carboxylic acids is 1. The Morgan fingerprint density at radius 1 is 1.15 bits per heavy atom. The van der Waals surface area contributed by atoms with Crippen molar-refractivity contribution in [3.05, 3.63) is 64.1 Å². The van der Waals surface area contributed by atoms with Crippen LogP contribution >= 0.6 is 27.7 Å². The lowest BCUT2D eigenvalue weighted by Gasteiger charge is -2.20. The minimum atomic E-state index is -0.975. The zero-order valence-electron chi connectivity index (χ0n) is 10.5. The first-order chi connectivity index (χ1) is 9.54. The van der Waals surface area contributed by atoms with Gasteiger partial charge in [0.2, 0.25) is 0 Å². The summed E-state index contributed by atoms with van der Waals surface area (Å²) in [6.07, 6.45) is 0.817. The number of carboxylic acid groups (broad SMARTS) is 1. The Balaban J connectivity index is 2.01. The zero-order chi connectivity index (χ0) is 14.3. The van der Waals surface area contributed by atoms with E-state index in [1.807, 2.05) is 24.3 Å². The number of hydrogen-bond donors (Lipinski definition) is 1. The molecule has 1 aliphatic heterocycles. The van der Waals surface area contributed by atoms with Gasteiger partial charge in [0.25, 0.3) is 0 Å². The van der Waals surface area contributed by atoms with Crippen molar-refractivity contribution in [1.29, 1.82) is 0 Å². The standard InChI is InChI=1S/C16H11BrO2S/c1-9(16(18)19)10-2-4-14-11(6-10)7-12-8-13(17)3-5-15(12)20-14/h2-6,8H,1,7H2,(H,18,19). The summed E-state index contributed by atoms with van der Waals surface area (Å²) in [5.41, 5.74) is 3.23. The number of benzene rings is 2. The molecule has 0 aromatic heterocycles. The summed E-state index contributed by atoms with van der Waals surface area (Å²) >= 11 is 5.21. The molecule has 1 aliphatic rings. The maximum atomic E-state index is 11.0. The van der Waals surface area contributed by atoms with Crippen LogP contribution in [0, 0.1) is 0 Å². The van der Waals surface area contributed by atoms with Crippen molar-refractivity contribution >= 4 is 39.2 Å². The van der Waals surface area contributed by atoms with E-state index in [1.54, 1.807) is 11.8 Å². The third-order valence-corrected chi connectivity index (χ3v) is 5.02. The summed E-state index contributed by atoms with van der Waals surface area (Å²) in [7, 11) is 0. The first kappa shape index (κ1) is 13.5. The topological polar surface area (TPSA) is 37.3 Å². The Kier molecular flexibility index (Phi) is 3.44. The molecule has 3 rings (SSSR count). The van der Waals surface area contributed by atoms with E-state index < -0.39 is 5.97 Å². The zero-order valence-corrected chi connectivity index (χ0v) is 12.9. The van der Waals surface area contributed by atoms with E-state index in [1.165, 1.54) is 15.4 Å². The molecule has 1 heterocycles. The fourth-order valence-electron chi connectivity index (χ4n) is 2.24. The lowest BCUT2D eigenvalue weighted by Crippen LogP contribution is -2.03. The second-order valence-corrected chi connectivity index (χ2v) is 6.64. The van der Waals surface area contributed by atoms with Gasteiger partial charge in [-0.25, -0.2) is 4.79 Å². The van der Waals surface area contributed by atoms with E-state index >= 15 is 0 Å². The average Bonchev–Trinajstić information content (AvgIpc) is 2.43. The van der Waals surface area contributed by atoms with Gasteiger partial charge in [-0.1, -0.05) is 40.3 Å². The molecule has 0 unspecified atom stereocenters. The van der Waals surface area contributed by atoms with Crippen LogP contribution in [0.25, 0.3) is 5.57 Å². The van der Waals surface area contributed by atoms with Crippen LogP contribution in [0.3, 0.4) is 0 Å².